The molecule has 0 saturated heterocycles. The SMILES string of the molecule is CNC(=O)c1nc([C@H]2CC[C@H](O)CC2)ccc1N. The molecule has 0 aromatic carbocycles. The van der Waals surface area contributed by atoms with Crippen LogP contribution in [0.1, 0.15) is 47.8 Å². The van der Waals surface area contributed by atoms with E-state index in [1.54, 1.807) is 13.1 Å². The molecule has 98 valence electrons. The van der Waals surface area contributed by atoms with Crippen molar-refractivity contribution in [1.82, 2.24) is 10.3 Å². The first-order valence-electron chi connectivity index (χ1n) is 6.28. The number of nitrogens with zero attached hydrogens (tertiary/aromatic N) is 1. The standard InChI is InChI=1S/C13H19N3O2/c1-15-13(18)12-10(14)6-7-11(16-12)8-2-4-9(17)5-3-8/h6-9,17H,2-5,14H2,1H3,(H,15,18)/t8-,9-. The van der Waals surface area contributed by atoms with Crippen LogP contribution in [-0.4, -0.2) is 29.1 Å². The topological polar surface area (TPSA) is 88.2 Å². The number of rotatable bonds is 2. The fraction of sp³-hybridized carbons (Fsp3) is 0.538. The number of aromatic nitrogens is 1. The number of nitrogens with one attached hydrogen (secondary N) is 1. The van der Waals surface area contributed by atoms with Gasteiger partial charge in [0.05, 0.1) is 11.8 Å². The summed E-state index contributed by atoms with van der Waals surface area (Å²) in [5.41, 5.74) is 7.34. The number of hydrogen-bond donors (Lipinski definition) is 3. The van der Waals surface area contributed by atoms with Crippen molar-refractivity contribution in [2.24, 2.45) is 0 Å². The third-order valence-electron chi connectivity index (χ3n) is 3.51. The zero-order chi connectivity index (χ0) is 13.1. The maximum Gasteiger partial charge on any atom is 0.271 e. The quantitative estimate of drug-likeness (QED) is 0.730. The van der Waals surface area contributed by atoms with E-state index in [-0.39, 0.29) is 12.0 Å². The second-order valence-electron chi connectivity index (χ2n) is 4.76. The zero-order valence-electron chi connectivity index (χ0n) is 10.5. The molecule has 1 aliphatic rings. The van der Waals surface area contributed by atoms with Gasteiger partial charge in [0.2, 0.25) is 0 Å². The average molecular weight is 249 g/mol. The number of nitrogens with two attached hydrogens (primary N) is 1. The van der Waals surface area contributed by atoms with E-state index < -0.39 is 0 Å². The molecule has 0 radical (unpaired) electrons. The van der Waals surface area contributed by atoms with Gasteiger partial charge in [0.25, 0.3) is 5.91 Å². The smallest absolute Gasteiger partial charge is 0.271 e. The maximum absolute atomic E-state index is 11.6. The summed E-state index contributed by atoms with van der Waals surface area (Å²) in [4.78, 5) is 16.0. The Morgan fingerprint density at radius 3 is 2.67 bits per heavy atom. The highest BCUT2D eigenvalue weighted by molar-refractivity contribution is 5.96. The molecule has 1 aromatic rings. The fourth-order valence-corrected chi connectivity index (χ4v) is 2.38. The van der Waals surface area contributed by atoms with Crippen molar-refractivity contribution in [3.8, 4) is 0 Å². The first kappa shape index (κ1) is 12.8. The van der Waals surface area contributed by atoms with Crippen LogP contribution in [0, 0.1) is 0 Å². The molecule has 5 heteroatoms. The van der Waals surface area contributed by atoms with Gasteiger partial charge < -0.3 is 16.2 Å². The molecule has 1 fully saturated rings. The van der Waals surface area contributed by atoms with Crippen LogP contribution in [0.25, 0.3) is 0 Å². The van der Waals surface area contributed by atoms with Gasteiger partial charge in [-0.15, -0.1) is 0 Å². The van der Waals surface area contributed by atoms with Gasteiger partial charge in [-0.05, 0) is 37.8 Å². The van der Waals surface area contributed by atoms with Crippen LogP contribution in [0.2, 0.25) is 0 Å². The highest BCUT2D eigenvalue weighted by Gasteiger charge is 2.23. The van der Waals surface area contributed by atoms with Gasteiger partial charge in [-0.2, -0.15) is 0 Å². The lowest BCUT2D eigenvalue weighted by atomic mass is 9.85. The Morgan fingerprint density at radius 2 is 2.06 bits per heavy atom. The van der Waals surface area contributed by atoms with Crippen LogP contribution in [0.15, 0.2) is 12.1 Å². The maximum atomic E-state index is 11.6. The predicted molar refractivity (Wildman–Crippen MR) is 69.3 cm³/mol. The highest BCUT2D eigenvalue weighted by Crippen LogP contribution is 2.32. The molecule has 4 N–H and O–H groups in total. The number of aliphatic hydroxyl groups is 1. The zero-order valence-corrected chi connectivity index (χ0v) is 10.5. The van der Waals surface area contributed by atoms with Gasteiger partial charge in [-0.25, -0.2) is 4.98 Å². The van der Waals surface area contributed by atoms with E-state index in [4.69, 9.17) is 5.73 Å². The van der Waals surface area contributed by atoms with Crippen LogP contribution in [0.5, 0.6) is 0 Å². The van der Waals surface area contributed by atoms with Crippen LogP contribution in [0.3, 0.4) is 0 Å². The van der Waals surface area contributed by atoms with Crippen molar-refractivity contribution in [2.45, 2.75) is 37.7 Å². The Labute approximate surface area is 106 Å². The summed E-state index contributed by atoms with van der Waals surface area (Å²) >= 11 is 0. The Morgan fingerprint density at radius 1 is 1.39 bits per heavy atom. The van der Waals surface area contributed by atoms with E-state index in [1.165, 1.54) is 0 Å². The third-order valence-corrected chi connectivity index (χ3v) is 3.51. The molecule has 1 aromatic heterocycles. The Balaban J connectivity index is 2.21. The highest BCUT2D eigenvalue weighted by atomic mass is 16.3. The number of amides is 1. The average Bonchev–Trinajstić information content (AvgIpc) is 2.39. The van der Waals surface area contributed by atoms with Gasteiger partial charge in [0.15, 0.2) is 5.69 Å². The molecule has 1 amide bonds. The summed E-state index contributed by atoms with van der Waals surface area (Å²) in [6, 6.07) is 3.61. The van der Waals surface area contributed by atoms with Crippen molar-refractivity contribution in [3.63, 3.8) is 0 Å². The molecular formula is C13H19N3O2. The Hall–Kier alpha value is -1.62. The fourth-order valence-electron chi connectivity index (χ4n) is 2.38. The summed E-state index contributed by atoms with van der Waals surface area (Å²) in [5.74, 6) is 0.0580. The molecule has 2 rings (SSSR count). The van der Waals surface area contributed by atoms with E-state index in [1.807, 2.05) is 6.07 Å². The van der Waals surface area contributed by atoms with E-state index in [2.05, 4.69) is 10.3 Å². The molecule has 1 heterocycles. The van der Waals surface area contributed by atoms with Crippen molar-refractivity contribution in [3.05, 3.63) is 23.5 Å². The van der Waals surface area contributed by atoms with Crippen molar-refractivity contribution < 1.29 is 9.90 Å². The number of carbonyl (C=O) groups excluding carboxylic acids is 1. The summed E-state index contributed by atoms with van der Waals surface area (Å²) in [5, 5.41) is 12.0. The van der Waals surface area contributed by atoms with Crippen molar-refractivity contribution >= 4 is 11.6 Å². The van der Waals surface area contributed by atoms with E-state index >= 15 is 0 Å². The van der Waals surface area contributed by atoms with Crippen molar-refractivity contribution in [1.29, 1.82) is 0 Å². The van der Waals surface area contributed by atoms with Crippen LogP contribution < -0.4 is 11.1 Å². The second-order valence-corrected chi connectivity index (χ2v) is 4.76. The molecule has 1 aliphatic carbocycles. The number of pyridine rings is 1. The minimum atomic E-state index is -0.259. The minimum Gasteiger partial charge on any atom is -0.397 e. The van der Waals surface area contributed by atoms with Gasteiger partial charge in [-0.3, -0.25) is 4.79 Å². The second kappa shape index (κ2) is 5.35. The largest absolute Gasteiger partial charge is 0.397 e. The molecule has 0 unspecified atom stereocenters. The number of hydrogen-bond acceptors (Lipinski definition) is 4. The Kier molecular flexibility index (Phi) is 3.81. The lowest BCUT2D eigenvalue weighted by Crippen LogP contribution is -2.23. The van der Waals surface area contributed by atoms with E-state index in [0.717, 1.165) is 31.4 Å². The lowest BCUT2D eigenvalue weighted by Gasteiger charge is -2.25. The predicted octanol–water partition coefficient (Wildman–Crippen LogP) is 1.04. The third kappa shape index (κ3) is 2.61. The minimum absolute atomic E-state index is 0.187. The van der Waals surface area contributed by atoms with Gasteiger partial charge in [0, 0.05) is 18.7 Å². The summed E-state index contributed by atoms with van der Waals surface area (Å²) in [6.07, 6.45) is 3.22. The molecule has 1 saturated carbocycles. The molecule has 0 bridgehead atoms. The molecule has 18 heavy (non-hydrogen) atoms. The summed E-state index contributed by atoms with van der Waals surface area (Å²) in [6.45, 7) is 0. The van der Waals surface area contributed by atoms with Gasteiger partial charge in [-0.1, -0.05) is 0 Å². The summed E-state index contributed by atoms with van der Waals surface area (Å²) < 4.78 is 0. The van der Waals surface area contributed by atoms with Crippen LogP contribution in [0.4, 0.5) is 5.69 Å². The van der Waals surface area contributed by atoms with Crippen molar-refractivity contribution in [2.75, 3.05) is 12.8 Å². The number of carbonyl (C=O) groups is 1. The molecule has 0 spiro atoms. The monoisotopic (exact) mass is 249 g/mol. The number of anilines is 1. The van der Waals surface area contributed by atoms with Crippen LogP contribution >= 0.6 is 0 Å². The van der Waals surface area contributed by atoms with Gasteiger partial charge >= 0.3 is 0 Å². The normalized spacial score (nSPS) is 23.7. The first-order valence-corrected chi connectivity index (χ1v) is 6.28. The lowest BCUT2D eigenvalue weighted by molar-refractivity contribution is 0.0957. The number of nitrogen functional groups attached to an aromatic ring is 1. The van der Waals surface area contributed by atoms with Gasteiger partial charge in [0.1, 0.15) is 0 Å². The number of aliphatic hydroxyl groups excluding tert-OH is 1. The van der Waals surface area contributed by atoms with Crippen LogP contribution in [-0.2, 0) is 0 Å². The van der Waals surface area contributed by atoms with E-state index in [9.17, 15) is 9.90 Å². The molecular weight excluding hydrogens is 230 g/mol. The van der Waals surface area contributed by atoms with E-state index in [0.29, 0.717) is 17.3 Å². The molecule has 0 aliphatic heterocycles. The first-order chi connectivity index (χ1) is 8.61. The Bertz CT molecular complexity index is 440. The summed E-state index contributed by atoms with van der Waals surface area (Å²) in [7, 11) is 1.56. The molecule has 5 nitrogen and oxygen atoms in total. The molecule has 0 atom stereocenters.